The molecule has 1 saturated carbocycles. The summed E-state index contributed by atoms with van der Waals surface area (Å²) in [4.78, 5) is 27.7. The van der Waals surface area contributed by atoms with Crippen molar-refractivity contribution in [2.24, 2.45) is 5.73 Å². The Morgan fingerprint density at radius 3 is 2.42 bits per heavy atom. The fourth-order valence-corrected chi connectivity index (χ4v) is 3.30. The highest BCUT2D eigenvalue weighted by molar-refractivity contribution is 5.87. The van der Waals surface area contributed by atoms with Gasteiger partial charge in [-0.3, -0.25) is 4.79 Å². The molecule has 1 aliphatic carbocycles. The quantitative estimate of drug-likeness (QED) is 0.731. The fourth-order valence-electron chi connectivity index (χ4n) is 3.30. The molecule has 0 bridgehead atoms. The molecule has 0 aromatic heterocycles. The van der Waals surface area contributed by atoms with E-state index in [2.05, 4.69) is 5.32 Å². The van der Waals surface area contributed by atoms with Crippen molar-refractivity contribution in [3.8, 4) is 0 Å². The SMILES string of the molecule is NC1(C(=O)N2CCC(N3CCNC3=O)CC2)CCC1. The molecule has 6 heteroatoms. The highest BCUT2D eigenvalue weighted by atomic mass is 16.2. The summed E-state index contributed by atoms with van der Waals surface area (Å²) in [6, 6.07) is 0.320. The lowest BCUT2D eigenvalue weighted by atomic mass is 9.76. The minimum atomic E-state index is -0.585. The third kappa shape index (κ3) is 2.18. The summed E-state index contributed by atoms with van der Waals surface area (Å²) in [5.41, 5.74) is 5.50. The van der Waals surface area contributed by atoms with Gasteiger partial charge in [-0.15, -0.1) is 0 Å². The number of hydrogen-bond donors (Lipinski definition) is 2. The van der Waals surface area contributed by atoms with Crippen LogP contribution in [-0.2, 0) is 4.79 Å². The van der Waals surface area contributed by atoms with Gasteiger partial charge in [0.05, 0.1) is 5.54 Å². The molecule has 0 aromatic rings. The average molecular weight is 266 g/mol. The molecule has 106 valence electrons. The van der Waals surface area contributed by atoms with E-state index in [9.17, 15) is 9.59 Å². The summed E-state index contributed by atoms with van der Waals surface area (Å²) in [6.45, 7) is 2.99. The lowest BCUT2D eigenvalue weighted by Gasteiger charge is -2.43. The predicted molar refractivity (Wildman–Crippen MR) is 70.5 cm³/mol. The van der Waals surface area contributed by atoms with Gasteiger partial charge >= 0.3 is 6.03 Å². The molecule has 0 radical (unpaired) electrons. The largest absolute Gasteiger partial charge is 0.341 e. The highest BCUT2D eigenvalue weighted by Gasteiger charge is 2.43. The highest BCUT2D eigenvalue weighted by Crippen LogP contribution is 2.32. The smallest absolute Gasteiger partial charge is 0.317 e. The van der Waals surface area contributed by atoms with Gasteiger partial charge in [0.15, 0.2) is 0 Å². The first-order valence-corrected chi connectivity index (χ1v) is 7.23. The van der Waals surface area contributed by atoms with Crippen molar-refractivity contribution < 1.29 is 9.59 Å². The van der Waals surface area contributed by atoms with Gasteiger partial charge in [-0.2, -0.15) is 0 Å². The van der Waals surface area contributed by atoms with E-state index in [-0.39, 0.29) is 18.0 Å². The van der Waals surface area contributed by atoms with Crippen molar-refractivity contribution in [3.63, 3.8) is 0 Å². The van der Waals surface area contributed by atoms with E-state index in [0.29, 0.717) is 0 Å². The number of rotatable bonds is 2. The number of carbonyl (C=O) groups is 2. The molecule has 2 saturated heterocycles. The lowest BCUT2D eigenvalue weighted by Crippen LogP contribution is -2.61. The van der Waals surface area contributed by atoms with Gasteiger partial charge in [-0.05, 0) is 32.1 Å². The molecule has 3 fully saturated rings. The number of piperidine rings is 1. The number of carbonyl (C=O) groups excluding carboxylic acids is 2. The fraction of sp³-hybridized carbons (Fsp3) is 0.846. The third-order valence-electron chi connectivity index (χ3n) is 4.75. The Bertz CT molecular complexity index is 386. The first-order valence-electron chi connectivity index (χ1n) is 7.23. The molecular weight excluding hydrogens is 244 g/mol. The monoisotopic (exact) mass is 266 g/mol. The van der Waals surface area contributed by atoms with Gasteiger partial charge in [0.1, 0.15) is 0 Å². The molecule has 0 atom stereocenters. The van der Waals surface area contributed by atoms with E-state index in [1.54, 1.807) is 0 Å². The van der Waals surface area contributed by atoms with Crippen molar-refractivity contribution in [1.29, 1.82) is 0 Å². The second-order valence-corrected chi connectivity index (χ2v) is 5.96. The lowest BCUT2D eigenvalue weighted by molar-refractivity contribution is -0.141. The molecule has 6 nitrogen and oxygen atoms in total. The minimum absolute atomic E-state index is 0.0408. The van der Waals surface area contributed by atoms with Crippen LogP contribution in [0, 0.1) is 0 Å². The standard InChI is InChI=1S/C13H22N4O2/c14-13(4-1-5-13)11(18)16-7-2-10(3-8-16)17-9-6-15-12(17)19/h10H,1-9,14H2,(H,15,19). The molecule has 2 aliphatic heterocycles. The topological polar surface area (TPSA) is 78.7 Å². The van der Waals surface area contributed by atoms with Gasteiger partial charge in [0, 0.05) is 32.2 Å². The molecule has 19 heavy (non-hydrogen) atoms. The Balaban J connectivity index is 1.54. The zero-order valence-corrected chi connectivity index (χ0v) is 11.2. The third-order valence-corrected chi connectivity index (χ3v) is 4.75. The van der Waals surface area contributed by atoms with Crippen molar-refractivity contribution in [2.45, 2.75) is 43.7 Å². The van der Waals surface area contributed by atoms with Crippen molar-refractivity contribution in [3.05, 3.63) is 0 Å². The molecule has 0 unspecified atom stereocenters. The average Bonchev–Trinajstić information content (AvgIpc) is 2.81. The van der Waals surface area contributed by atoms with Crippen LogP contribution in [0.25, 0.3) is 0 Å². The number of urea groups is 1. The summed E-state index contributed by atoms with van der Waals surface area (Å²) < 4.78 is 0. The van der Waals surface area contributed by atoms with Crippen LogP contribution in [0.3, 0.4) is 0 Å². The van der Waals surface area contributed by atoms with Crippen LogP contribution in [-0.4, -0.2) is 59.5 Å². The van der Waals surface area contributed by atoms with Crippen LogP contribution in [0.4, 0.5) is 4.79 Å². The first-order chi connectivity index (χ1) is 9.10. The first kappa shape index (κ1) is 12.7. The summed E-state index contributed by atoms with van der Waals surface area (Å²) in [6.07, 6.45) is 4.44. The molecule has 3 N–H and O–H groups in total. The minimum Gasteiger partial charge on any atom is -0.341 e. The maximum atomic E-state index is 12.3. The zero-order valence-electron chi connectivity index (χ0n) is 11.2. The van der Waals surface area contributed by atoms with Gasteiger partial charge < -0.3 is 20.9 Å². The van der Waals surface area contributed by atoms with E-state index in [0.717, 1.165) is 58.3 Å². The van der Waals surface area contributed by atoms with E-state index < -0.39 is 5.54 Å². The van der Waals surface area contributed by atoms with Crippen LogP contribution in [0.5, 0.6) is 0 Å². The number of nitrogens with two attached hydrogens (primary N) is 1. The number of hydrogen-bond acceptors (Lipinski definition) is 3. The van der Waals surface area contributed by atoms with Gasteiger partial charge in [0.25, 0.3) is 0 Å². The number of nitrogens with zero attached hydrogens (tertiary/aromatic N) is 2. The Hall–Kier alpha value is -1.30. The molecule has 3 amide bonds. The van der Waals surface area contributed by atoms with Crippen molar-refractivity contribution in [2.75, 3.05) is 26.2 Å². The van der Waals surface area contributed by atoms with E-state index >= 15 is 0 Å². The number of likely N-dealkylation sites (tertiary alicyclic amines) is 1. The van der Waals surface area contributed by atoms with E-state index in [1.165, 1.54) is 0 Å². The molecule has 2 heterocycles. The molecule has 0 spiro atoms. The van der Waals surface area contributed by atoms with Crippen LogP contribution in [0.15, 0.2) is 0 Å². The van der Waals surface area contributed by atoms with E-state index in [4.69, 9.17) is 5.73 Å². The summed E-state index contributed by atoms with van der Waals surface area (Å²) in [5.74, 6) is 0.114. The number of amides is 3. The molecule has 3 rings (SSSR count). The Labute approximate surface area is 113 Å². The second-order valence-electron chi connectivity index (χ2n) is 5.96. The number of nitrogens with one attached hydrogen (secondary N) is 1. The molecular formula is C13H22N4O2. The van der Waals surface area contributed by atoms with Gasteiger partial charge in [0.2, 0.25) is 5.91 Å². The Morgan fingerprint density at radius 1 is 1.26 bits per heavy atom. The summed E-state index contributed by atoms with van der Waals surface area (Å²) in [7, 11) is 0. The molecule has 3 aliphatic rings. The van der Waals surface area contributed by atoms with E-state index in [1.807, 2.05) is 9.80 Å². The van der Waals surface area contributed by atoms with Crippen LogP contribution >= 0.6 is 0 Å². The summed E-state index contributed by atoms with van der Waals surface area (Å²) in [5, 5.41) is 2.83. The predicted octanol–water partition coefficient (Wildman–Crippen LogP) is -0.116. The maximum absolute atomic E-state index is 12.3. The normalized spacial score (nSPS) is 27.1. The summed E-state index contributed by atoms with van der Waals surface area (Å²) >= 11 is 0. The van der Waals surface area contributed by atoms with Crippen LogP contribution < -0.4 is 11.1 Å². The van der Waals surface area contributed by atoms with Gasteiger partial charge in [-0.1, -0.05) is 0 Å². The van der Waals surface area contributed by atoms with Crippen molar-refractivity contribution >= 4 is 11.9 Å². The second kappa shape index (κ2) is 4.67. The zero-order chi connectivity index (χ0) is 13.5. The molecule has 0 aromatic carbocycles. The van der Waals surface area contributed by atoms with Gasteiger partial charge in [-0.25, -0.2) is 4.79 Å². The Kier molecular flexibility index (Phi) is 3.12. The Morgan fingerprint density at radius 2 is 1.95 bits per heavy atom. The van der Waals surface area contributed by atoms with Crippen molar-refractivity contribution in [1.82, 2.24) is 15.1 Å². The van der Waals surface area contributed by atoms with Crippen LogP contribution in [0.1, 0.15) is 32.1 Å². The van der Waals surface area contributed by atoms with Crippen LogP contribution in [0.2, 0.25) is 0 Å². The maximum Gasteiger partial charge on any atom is 0.317 e.